The molecule has 1 atom stereocenters. The number of carbonyl (C=O) groups excluding carboxylic acids is 2. The quantitative estimate of drug-likeness (QED) is 0.573. The van der Waals surface area contributed by atoms with Crippen LogP contribution >= 0.6 is 0 Å². The molecule has 2 aromatic rings. The highest BCUT2D eigenvalue weighted by Gasteiger charge is 2.23. The van der Waals surface area contributed by atoms with E-state index in [0.717, 1.165) is 24.0 Å². The van der Waals surface area contributed by atoms with Crippen LogP contribution in [0, 0.1) is 0 Å². The van der Waals surface area contributed by atoms with E-state index in [1.807, 2.05) is 12.1 Å². The molecule has 2 aromatic carbocycles. The van der Waals surface area contributed by atoms with Gasteiger partial charge in [0, 0.05) is 25.4 Å². The SMILES string of the molecule is O=C(NCc1ccc(C(=O)O)cc1)NCc1cccc(NC(=O)C2CCCO2)c1. The molecule has 1 fully saturated rings. The topological polar surface area (TPSA) is 117 Å². The Bertz CT molecular complexity index is 876. The summed E-state index contributed by atoms with van der Waals surface area (Å²) >= 11 is 0. The van der Waals surface area contributed by atoms with Gasteiger partial charge in [0.1, 0.15) is 6.10 Å². The maximum absolute atomic E-state index is 12.1. The molecule has 8 nitrogen and oxygen atoms in total. The summed E-state index contributed by atoms with van der Waals surface area (Å²) in [4.78, 5) is 35.0. The van der Waals surface area contributed by atoms with Gasteiger partial charge in [-0.15, -0.1) is 0 Å². The normalized spacial score (nSPS) is 15.5. The van der Waals surface area contributed by atoms with E-state index in [2.05, 4.69) is 16.0 Å². The predicted octanol–water partition coefficient (Wildman–Crippen LogP) is 2.50. The lowest BCUT2D eigenvalue weighted by Gasteiger charge is -2.12. The molecule has 1 unspecified atom stereocenters. The maximum Gasteiger partial charge on any atom is 0.335 e. The highest BCUT2D eigenvalue weighted by molar-refractivity contribution is 5.94. The summed E-state index contributed by atoms with van der Waals surface area (Å²) in [6.07, 6.45) is 1.22. The smallest absolute Gasteiger partial charge is 0.335 e. The van der Waals surface area contributed by atoms with Gasteiger partial charge in [-0.25, -0.2) is 9.59 Å². The average molecular weight is 397 g/mol. The molecule has 0 saturated carbocycles. The first-order valence-corrected chi connectivity index (χ1v) is 9.36. The number of amides is 3. The number of urea groups is 1. The van der Waals surface area contributed by atoms with Crippen LogP contribution in [-0.2, 0) is 22.6 Å². The lowest BCUT2D eigenvalue weighted by Crippen LogP contribution is -2.34. The Kier molecular flexibility index (Phi) is 6.80. The zero-order valence-corrected chi connectivity index (χ0v) is 15.8. The molecule has 1 saturated heterocycles. The number of ether oxygens (including phenoxy) is 1. The Morgan fingerprint density at radius 3 is 2.38 bits per heavy atom. The van der Waals surface area contributed by atoms with Crippen LogP contribution in [-0.4, -0.2) is 35.7 Å². The number of hydrogen-bond acceptors (Lipinski definition) is 4. The predicted molar refractivity (Wildman–Crippen MR) is 107 cm³/mol. The van der Waals surface area contributed by atoms with Gasteiger partial charge >= 0.3 is 12.0 Å². The van der Waals surface area contributed by atoms with E-state index in [-0.39, 0.29) is 24.0 Å². The molecule has 4 N–H and O–H groups in total. The number of hydrogen-bond donors (Lipinski definition) is 4. The van der Waals surface area contributed by atoms with Crippen molar-refractivity contribution in [3.05, 3.63) is 65.2 Å². The van der Waals surface area contributed by atoms with Crippen LogP contribution in [0.25, 0.3) is 0 Å². The number of carbonyl (C=O) groups is 3. The Labute approximate surface area is 168 Å². The molecular formula is C21H23N3O5. The molecule has 3 amide bonds. The number of aromatic carboxylic acids is 1. The third-order valence-electron chi connectivity index (χ3n) is 4.52. The summed E-state index contributed by atoms with van der Waals surface area (Å²) in [5.74, 6) is -1.14. The van der Waals surface area contributed by atoms with Crippen molar-refractivity contribution in [1.29, 1.82) is 0 Å². The molecule has 1 heterocycles. The lowest BCUT2D eigenvalue weighted by atomic mass is 10.1. The fourth-order valence-electron chi connectivity index (χ4n) is 2.96. The molecule has 3 rings (SSSR count). The molecule has 0 bridgehead atoms. The summed E-state index contributed by atoms with van der Waals surface area (Å²) in [7, 11) is 0. The van der Waals surface area contributed by atoms with Crippen LogP contribution in [0.1, 0.15) is 34.3 Å². The van der Waals surface area contributed by atoms with Crippen LogP contribution < -0.4 is 16.0 Å². The van der Waals surface area contributed by atoms with Crippen LogP contribution in [0.2, 0.25) is 0 Å². The van der Waals surface area contributed by atoms with E-state index >= 15 is 0 Å². The van der Waals surface area contributed by atoms with Crippen LogP contribution in [0.3, 0.4) is 0 Å². The summed E-state index contributed by atoms with van der Waals surface area (Å²) in [6, 6.07) is 13.2. The van der Waals surface area contributed by atoms with Crippen molar-refractivity contribution in [1.82, 2.24) is 10.6 Å². The molecular weight excluding hydrogens is 374 g/mol. The highest BCUT2D eigenvalue weighted by Crippen LogP contribution is 2.16. The van der Waals surface area contributed by atoms with Crippen molar-refractivity contribution in [3.8, 4) is 0 Å². The van der Waals surface area contributed by atoms with E-state index in [9.17, 15) is 14.4 Å². The van der Waals surface area contributed by atoms with Crippen LogP contribution in [0.4, 0.5) is 10.5 Å². The molecule has 0 aliphatic carbocycles. The van der Waals surface area contributed by atoms with Gasteiger partial charge in [-0.1, -0.05) is 24.3 Å². The van der Waals surface area contributed by atoms with E-state index in [4.69, 9.17) is 9.84 Å². The van der Waals surface area contributed by atoms with Crippen molar-refractivity contribution in [2.45, 2.75) is 32.0 Å². The van der Waals surface area contributed by atoms with Crippen molar-refractivity contribution in [2.75, 3.05) is 11.9 Å². The van der Waals surface area contributed by atoms with Gasteiger partial charge in [-0.3, -0.25) is 4.79 Å². The number of anilines is 1. The lowest BCUT2D eigenvalue weighted by molar-refractivity contribution is -0.124. The average Bonchev–Trinajstić information content (AvgIpc) is 3.26. The van der Waals surface area contributed by atoms with Gasteiger partial charge in [-0.2, -0.15) is 0 Å². The van der Waals surface area contributed by atoms with Gasteiger partial charge < -0.3 is 25.8 Å². The summed E-state index contributed by atoms with van der Waals surface area (Å²) in [6.45, 7) is 1.19. The molecule has 29 heavy (non-hydrogen) atoms. The van der Waals surface area contributed by atoms with Crippen molar-refractivity contribution < 1.29 is 24.2 Å². The second-order valence-electron chi connectivity index (χ2n) is 6.73. The second kappa shape index (κ2) is 9.70. The first-order chi connectivity index (χ1) is 14.0. The Balaban J connectivity index is 1.44. The Morgan fingerprint density at radius 2 is 1.72 bits per heavy atom. The number of carboxylic acids is 1. The Morgan fingerprint density at radius 1 is 1.00 bits per heavy atom. The minimum Gasteiger partial charge on any atom is -0.478 e. The standard InChI is InChI=1S/C21H23N3O5/c25-19(18-5-2-10-29-18)24-17-4-1-3-15(11-17)13-23-21(28)22-12-14-6-8-16(9-7-14)20(26)27/h1,3-4,6-9,11,18H,2,5,10,12-13H2,(H,24,25)(H,26,27)(H2,22,23,28). The van der Waals surface area contributed by atoms with E-state index in [1.165, 1.54) is 12.1 Å². The monoisotopic (exact) mass is 397 g/mol. The fraction of sp³-hybridized carbons (Fsp3) is 0.286. The summed E-state index contributed by atoms with van der Waals surface area (Å²) in [5.41, 5.74) is 2.49. The van der Waals surface area contributed by atoms with Gasteiger partial charge in [0.2, 0.25) is 0 Å². The Hall–Kier alpha value is -3.39. The van der Waals surface area contributed by atoms with Crippen molar-refractivity contribution >= 4 is 23.6 Å². The third-order valence-corrected chi connectivity index (χ3v) is 4.52. The number of carboxylic acid groups (broad SMARTS) is 1. The molecule has 0 radical (unpaired) electrons. The third kappa shape index (κ3) is 6.05. The van der Waals surface area contributed by atoms with Crippen molar-refractivity contribution in [2.24, 2.45) is 0 Å². The molecule has 1 aliphatic rings. The zero-order chi connectivity index (χ0) is 20.6. The minimum atomic E-state index is -0.989. The fourth-order valence-corrected chi connectivity index (χ4v) is 2.96. The van der Waals surface area contributed by atoms with Crippen molar-refractivity contribution in [3.63, 3.8) is 0 Å². The zero-order valence-electron chi connectivity index (χ0n) is 15.8. The number of nitrogens with one attached hydrogen (secondary N) is 3. The molecule has 0 aromatic heterocycles. The minimum absolute atomic E-state index is 0.153. The molecule has 8 heteroatoms. The number of benzene rings is 2. The van der Waals surface area contributed by atoms with Crippen LogP contribution in [0.15, 0.2) is 48.5 Å². The first kappa shape index (κ1) is 20.3. The summed E-state index contributed by atoms with van der Waals surface area (Å²) < 4.78 is 5.37. The highest BCUT2D eigenvalue weighted by atomic mass is 16.5. The van der Waals surface area contributed by atoms with Gasteiger partial charge in [0.15, 0.2) is 0 Å². The van der Waals surface area contributed by atoms with Gasteiger partial charge in [0.25, 0.3) is 5.91 Å². The largest absolute Gasteiger partial charge is 0.478 e. The van der Waals surface area contributed by atoms with E-state index in [0.29, 0.717) is 18.8 Å². The molecule has 152 valence electrons. The second-order valence-corrected chi connectivity index (χ2v) is 6.73. The maximum atomic E-state index is 12.1. The van der Waals surface area contributed by atoms with Gasteiger partial charge in [-0.05, 0) is 48.2 Å². The molecule has 0 spiro atoms. The summed E-state index contributed by atoms with van der Waals surface area (Å²) in [5, 5.41) is 17.2. The number of rotatable bonds is 7. The van der Waals surface area contributed by atoms with E-state index in [1.54, 1.807) is 24.3 Å². The van der Waals surface area contributed by atoms with Gasteiger partial charge in [0.05, 0.1) is 5.56 Å². The van der Waals surface area contributed by atoms with E-state index < -0.39 is 12.1 Å². The van der Waals surface area contributed by atoms with Crippen LogP contribution in [0.5, 0.6) is 0 Å². The first-order valence-electron chi connectivity index (χ1n) is 9.36. The molecule has 1 aliphatic heterocycles.